The quantitative estimate of drug-likeness (QED) is 0.864. The van der Waals surface area contributed by atoms with Crippen molar-refractivity contribution in [3.8, 4) is 11.9 Å². The smallest absolute Gasteiger partial charge is 0.320 e. The average Bonchev–Trinajstić information content (AvgIpc) is 2.94. The van der Waals surface area contributed by atoms with E-state index in [-0.39, 0.29) is 18.7 Å². The lowest BCUT2D eigenvalue weighted by molar-refractivity contribution is -0.0225. The van der Waals surface area contributed by atoms with Gasteiger partial charge < -0.3 is 24.4 Å². The first-order valence-corrected chi connectivity index (χ1v) is 7.00. The highest BCUT2D eigenvalue weighted by Gasteiger charge is 2.34. The molecule has 0 bridgehead atoms. The number of aromatic nitrogens is 2. The van der Waals surface area contributed by atoms with Gasteiger partial charge in [0.2, 0.25) is 5.88 Å². The molecule has 0 amide bonds. The summed E-state index contributed by atoms with van der Waals surface area (Å²) in [4.78, 5) is 8.44. The summed E-state index contributed by atoms with van der Waals surface area (Å²) in [6, 6.07) is 5.83. The summed E-state index contributed by atoms with van der Waals surface area (Å²) in [5.41, 5.74) is 1.58. The zero-order valence-electron chi connectivity index (χ0n) is 12.4. The van der Waals surface area contributed by atoms with Crippen molar-refractivity contribution in [2.75, 3.05) is 20.8 Å². The van der Waals surface area contributed by atoms with E-state index in [1.54, 1.807) is 0 Å². The van der Waals surface area contributed by atoms with Crippen LogP contribution in [0, 0.1) is 0 Å². The molecule has 2 heterocycles. The van der Waals surface area contributed by atoms with Gasteiger partial charge in [0.1, 0.15) is 6.10 Å². The molecular formula is C15H18N2O5. The molecule has 22 heavy (non-hydrogen) atoms. The first-order valence-electron chi connectivity index (χ1n) is 7.00. The molecule has 0 spiro atoms. The first kappa shape index (κ1) is 15.0. The van der Waals surface area contributed by atoms with Gasteiger partial charge in [-0.15, -0.1) is 0 Å². The van der Waals surface area contributed by atoms with E-state index in [1.165, 1.54) is 14.2 Å². The van der Waals surface area contributed by atoms with E-state index in [1.807, 2.05) is 18.2 Å². The van der Waals surface area contributed by atoms with Crippen LogP contribution in [0.25, 0.3) is 10.9 Å². The summed E-state index contributed by atoms with van der Waals surface area (Å²) in [5.74, 6) is 0.418. The van der Waals surface area contributed by atoms with Gasteiger partial charge in [0.05, 0.1) is 43.9 Å². The van der Waals surface area contributed by atoms with Crippen molar-refractivity contribution in [2.24, 2.45) is 0 Å². The SMILES string of the molecule is COc1nc(OC)c2cc([C@H]3C[C@H](O)[C@@H](CO)O3)ccc2n1. The minimum atomic E-state index is -0.667. The molecule has 118 valence electrons. The van der Waals surface area contributed by atoms with Crippen LogP contribution in [0.4, 0.5) is 0 Å². The van der Waals surface area contributed by atoms with Crippen molar-refractivity contribution in [3.63, 3.8) is 0 Å². The monoisotopic (exact) mass is 306 g/mol. The largest absolute Gasteiger partial charge is 0.480 e. The molecular weight excluding hydrogens is 288 g/mol. The number of aliphatic hydroxyl groups excluding tert-OH is 2. The van der Waals surface area contributed by atoms with Crippen molar-refractivity contribution in [3.05, 3.63) is 23.8 Å². The van der Waals surface area contributed by atoms with Crippen LogP contribution in [0.15, 0.2) is 18.2 Å². The number of fused-ring (bicyclic) bond motifs is 1. The molecule has 7 nitrogen and oxygen atoms in total. The first-order chi connectivity index (χ1) is 10.7. The molecule has 0 radical (unpaired) electrons. The van der Waals surface area contributed by atoms with Crippen LogP contribution in [0.3, 0.4) is 0 Å². The van der Waals surface area contributed by atoms with Gasteiger partial charge in [-0.3, -0.25) is 0 Å². The molecule has 1 aromatic carbocycles. The molecule has 3 atom stereocenters. The van der Waals surface area contributed by atoms with Gasteiger partial charge in [0.15, 0.2) is 0 Å². The molecule has 3 rings (SSSR count). The fourth-order valence-electron chi connectivity index (χ4n) is 2.65. The van der Waals surface area contributed by atoms with Crippen LogP contribution in [0.2, 0.25) is 0 Å². The van der Waals surface area contributed by atoms with E-state index >= 15 is 0 Å². The molecule has 2 N–H and O–H groups in total. The molecule has 1 saturated heterocycles. The highest BCUT2D eigenvalue weighted by molar-refractivity contribution is 5.84. The molecule has 1 aliphatic heterocycles. The standard InChI is InChI=1S/C15H18N2O5/c1-20-14-9-5-8(12-6-11(19)13(7-18)22-12)3-4-10(9)16-15(17-14)21-2/h3-5,11-13,18-19H,6-7H2,1-2H3/t11-,12+,13+/m0/s1. The Hall–Kier alpha value is -1.96. The average molecular weight is 306 g/mol. The zero-order chi connectivity index (χ0) is 15.7. The van der Waals surface area contributed by atoms with Crippen LogP contribution in [-0.2, 0) is 4.74 Å². The van der Waals surface area contributed by atoms with Crippen molar-refractivity contribution < 1.29 is 24.4 Å². The number of rotatable bonds is 4. The zero-order valence-corrected chi connectivity index (χ0v) is 12.4. The van der Waals surface area contributed by atoms with Crippen molar-refractivity contribution in [1.29, 1.82) is 0 Å². The molecule has 1 aromatic heterocycles. The Morgan fingerprint density at radius 2 is 2.09 bits per heavy atom. The van der Waals surface area contributed by atoms with Gasteiger partial charge in [0.25, 0.3) is 0 Å². The predicted molar refractivity (Wildman–Crippen MR) is 78.0 cm³/mol. The van der Waals surface area contributed by atoms with Gasteiger partial charge in [-0.1, -0.05) is 6.07 Å². The number of nitrogens with zero attached hydrogens (tertiary/aromatic N) is 2. The Labute approximate surface area is 127 Å². The van der Waals surface area contributed by atoms with E-state index < -0.39 is 12.2 Å². The number of benzene rings is 1. The van der Waals surface area contributed by atoms with Crippen LogP contribution < -0.4 is 9.47 Å². The summed E-state index contributed by atoms with van der Waals surface area (Å²) < 4.78 is 16.0. The lowest BCUT2D eigenvalue weighted by Gasteiger charge is -2.13. The Morgan fingerprint density at radius 1 is 1.27 bits per heavy atom. The highest BCUT2D eigenvalue weighted by Crippen LogP contribution is 2.35. The fraction of sp³-hybridized carbons (Fsp3) is 0.467. The maximum absolute atomic E-state index is 9.85. The normalized spacial score (nSPS) is 24.6. The summed E-state index contributed by atoms with van der Waals surface area (Å²) in [6.07, 6.45) is -1.05. The molecule has 1 fully saturated rings. The van der Waals surface area contributed by atoms with E-state index in [4.69, 9.17) is 14.2 Å². The molecule has 0 unspecified atom stereocenters. The second-order valence-corrected chi connectivity index (χ2v) is 5.14. The van der Waals surface area contributed by atoms with Gasteiger partial charge in [-0.2, -0.15) is 9.97 Å². The molecule has 7 heteroatoms. The van der Waals surface area contributed by atoms with Gasteiger partial charge in [-0.05, 0) is 17.7 Å². The van der Waals surface area contributed by atoms with Crippen LogP contribution >= 0.6 is 0 Å². The topological polar surface area (TPSA) is 93.9 Å². The summed E-state index contributed by atoms with van der Waals surface area (Å²) >= 11 is 0. The Kier molecular flexibility index (Phi) is 4.10. The second kappa shape index (κ2) is 6.04. The number of aliphatic hydroxyl groups is 2. The van der Waals surface area contributed by atoms with Crippen molar-refractivity contribution >= 4 is 10.9 Å². The number of hydrogen-bond donors (Lipinski definition) is 2. The van der Waals surface area contributed by atoms with Crippen molar-refractivity contribution in [2.45, 2.75) is 24.7 Å². The third kappa shape index (κ3) is 2.58. The van der Waals surface area contributed by atoms with Gasteiger partial charge in [0, 0.05) is 6.42 Å². The second-order valence-electron chi connectivity index (χ2n) is 5.14. The molecule has 2 aromatic rings. The van der Waals surface area contributed by atoms with Crippen LogP contribution in [0.1, 0.15) is 18.1 Å². The third-order valence-electron chi connectivity index (χ3n) is 3.82. The van der Waals surface area contributed by atoms with Crippen LogP contribution in [0.5, 0.6) is 11.9 Å². The van der Waals surface area contributed by atoms with E-state index in [0.717, 1.165) is 10.9 Å². The third-order valence-corrected chi connectivity index (χ3v) is 3.82. The van der Waals surface area contributed by atoms with Crippen molar-refractivity contribution in [1.82, 2.24) is 9.97 Å². The molecule has 0 aliphatic carbocycles. The van der Waals surface area contributed by atoms with E-state index in [2.05, 4.69) is 9.97 Å². The Balaban J connectivity index is 1.99. The predicted octanol–water partition coefficient (Wildman–Crippen LogP) is 0.830. The summed E-state index contributed by atoms with van der Waals surface area (Å²) in [7, 11) is 3.03. The molecule has 1 aliphatic rings. The number of ether oxygens (including phenoxy) is 3. The van der Waals surface area contributed by atoms with E-state index in [0.29, 0.717) is 17.8 Å². The lowest BCUT2D eigenvalue weighted by atomic mass is 10.0. The van der Waals surface area contributed by atoms with Gasteiger partial charge >= 0.3 is 6.01 Å². The summed E-state index contributed by atoms with van der Waals surface area (Å²) in [5, 5.41) is 19.8. The maximum Gasteiger partial charge on any atom is 0.320 e. The number of methoxy groups -OCH3 is 2. The minimum absolute atomic E-state index is 0.200. The maximum atomic E-state index is 9.85. The minimum Gasteiger partial charge on any atom is -0.480 e. The van der Waals surface area contributed by atoms with E-state index in [9.17, 15) is 10.2 Å². The van der Waals surface area contributed by atoms with Crippen LogP contribution in [-0.4, -0.2) is 53.2 Å². The fourth-order valence-corrected chi connectivity index (χ4v) is 2.65. The summed E-state index contributed by atoms with van der Waals surface area (Å²) in [6.45, 7) is -0.200. The Morgan fingerprint density at radius 3 is 2.73 bits per heavy atom. The highest BCUT2D eigenvalue weighted by atomic mass is 16.5. The number of hydrogen-bond acceptors (Lipinski definition) is 7. The Bertz CT molecular complexity index is 678. The lowest BCUT2D eigenvalue weighted by Crippen LogP contribution is -2.24. The van der Waals surface area contributed by atoms with Gasteiger partial charge in [-0.25, -0.2) is 0 Å². The molecule has 0 saturated carbocycles.